The van der Waals surface area contributed by atoms with Crippen molar-refractivity contribution in [1.82, 2.24) is 15.5 Å². The van der Waals surface area contributed by atoms with Crippen LogP contribution in [0.5, 0.6) is 0 Å². The number of hydrogen-bond donors (Lipinski definition) is 2. The molecular weight excluding hydrogens is 234 g/mol. The van der Waals surface area contributed by atoms with Crippen molar-refractivity contribution in [1.29, 1.82) is 0 Å². The molecule has 0 bridgehead atoms. The minimum Gasteiger partial charge on any atom is -0.353 e. The van der Waals surface area contributed by atoms with Crippen molar-refractivity contribution in [3.05, 3.63) is 0 Å². The molecular formula is C12H19N3O3. The zero-order chi connectivity index (χ0) is 13.3. The standard InChI is InChI=1S/C12H19N3O3/c1-7(2)14-10(16)6-13-9-5-11(17)15(12(9)18)8-3-4-8/h7-9,13H,3-6H2,1-2H3,(H,14,16). The minimum atomic E-state index is -0.531. The van der Waals surface area contributed by atoms with Gasteiger partial charge in [-0.15, -0.1) is 0 Å². The third-order valence-electron chi connectivity index (χ3n) is 3.05. The van der Waals surface area contributed by atoms with E-state index in [0.717, 1.165) is 12.8 Å². The molecule has 2 aliphatic rings. The Kier molecular flexibility index (Phi) is 3.65. The van der Waals surface area contributed by atoms with E-state index in [-0.39, 0.29) is 42.8 Å². The lowest BCUT2D eigenvalue weighted by molar-refractivity contribution is -0.139. The van der Waals surface area contributed by atoms with Gasteiger partial charge in [-0.25, -0.2) is 0 Å². The molecule has 2 fully saturated rings. The smallest absolute Gasteiger partial charge is 0.247 e. The fourth-order valence-electron chi connectivity index (χ4n) is 2.12. The fraction of sp³-hybridized carbons (Fsp3) is 0.750. The maximum Gasteiger partial charge on any atom is 0.247 e. The van der Waals surface area contributed by atoms with Crippen LogP contribution >= 0.6 is 0 Å². The van der Waals surface area contributed by atoms with Crippen molar-refractivity contribution >= 4 is 17.7 Å². The van der Waals surface area contributed by atoms with Gasteiger partial charge in [0.1, 0.15) is 0 Å². The summed E-state index contributed by atoms with van der Waals surface area (Å²) < 4.78 is 0. The summed E-state index contributed by atoms with van der Waals surface area (Å²) in [7, 11) is 0. The highest BCUT2D eigenvalue weighted by Crippen LogP contribution is 2.31. The molecule has 100 valence electrons. The van der Waals surface area contributed by atoms with E-state index in [0.29, 0.717) is 0 Å². The van der Waals surface area contributed by atoms with E-state index in [1.54, 1.807) is 0 Å². The lowest BCUT2D eigenvalue weighted by Crippen LogP contribution is -2.45. The van der Waals surface area contributed by atoms with E-state index < -0.39 is 6.04 Å². The van der Waals surface area contributed by atoms with Crippen LogP contribution in [0, 0.1) is 0 Å². The Morgan fingerprint density at radius 2 is 2.06 bits per heavy atom. The zero-order valence-corrected chi connectivity index (χ0v) is 10.7. The van der Waals surface area contributed by atoms with Crippen LogP contribution in [0.3, 0.4) is 0 Å². The van der Waals surface area contributed by atoms with E-state index in [1.165, 1.54) is 4.90 Å². The molecule has 1 saturated carbocycles. The second kappa shape index (κ2) is 5.06. The van der Waals surface area contributed by atoms with Crippen LogP contribution in [0.15, 0.2) is 0 Å². The Bertz CT molecular complexity index is 377. The normalized spacial score (nSPS) is 23.9. The number of likely N-dealkylation sites (tertiary alicyclic amines) is 1. The molecule has 0 aromatic rings. The molecule has 6 nitrogen and oxygen atoms in total. The summed E-state index contributed by atoms with van der Waals surface area (Å²) in [6, 6.07) is -0.347. The third-order valence-corrected chi connectivity index (χ3v) is 3.05. The summed E-state index contributed by atoms with van der Waals surface area (Å²) in [6.45, 7) is 3.81. The van der Waals surface area contributed by atoms with Gasteiger partial charge in [0, 0.05) is 12.1 Å². The van der Waals surface area contributed by atoms with Crippen LogP contribution in [0.4, 0.5) is 0 Å². The van der Waals surface area contributed by atoms with Crippen LogP contribution in [0.2, 0.25) is 0 Å². The van der Waals surface area contributed by atoms with Gasteiger partial charge in [0.05, 0.1) is 19.0 Å². The summed E-state index contributed by atoms with van der Waals surface area (Å²) >= 11 is 0. The summed E-state index contributed by atoms with van der Waals surface area (Å²) in [5.74, 6) is -0.459. The highest BCUT2D eigenvalue weighted by Gasteiger charge is 2.45. The van der Waals surface area contributed by atoms with Crippen molar-refractivity contribution < 1.29 is 14.4 Å². The largest absolute Gasteiger partial charge is 0.353 e. The first-order valence-corrected chi connectivity index (χ1v) is 6.37. The summed E-state index contributed by atoms with van der Waals surface area (Å²) in [5, 5.41) is 5.58. The molecule has 6 heteroatoms. The number of carbonyl (C=O) groups is 3. The zero-order valence-electron chi connectivity index (χ0n) is 10.7. The second-order valence-corrected chi connectivity index (χ2v) is 5.19. The fourth-order valence-corrected chi connectivity index (χ4v) is 2.12. The van der Waals surface area contributed by atoms with Crippen molar-refractivity contribution in [2.45, 2.75) is 51.2 Å². The van der Waals surface area contributed by atoms with E-state index in [4.69, 9.17) is 0 Å². The monoisotopic (exact) mass is 253 g/mol. The summed E-state index contributed by atoms with van der Waals surface area (Å²) in [4.78, 5) is 36.4. The van der Waals surface area contributed by atoms with Gasteiger partial charge >= 0.3 is 0 Å². The lowest BCUT2D eigenvalue weighted by Gasteiger charge is -2.14. The van der Waals surface area contributed by atoms with Crippen molar-refractivity contribution in [3.8, 4) is 0 Å². The Morgan fingerprint density at radius 1 is 1.39 bits per heavy atom. The van der Waals surface area contributed by atoms with Crippen LogP contribution in [-0.2, 0) is 14.4 Å². The molecule has 2 rings (SSSR count). The molecule has 18 heavy (non-hydrogen) atoms. The maximum absolute atomic E-state index is 11.9. The highest BCUT2D eigenvalue weighted by atomic mass is 16.2. The highest BCUT2D eigenvalue weighted by molar-refractivity contribution is 6.06. The number of rotatable bonds is 5. The molecule has 1 atom stereocenters. The van der Waals surface area contributed by atoms with E-state index >= 15 is 0 Å². The van der Waals surface area contributed by atoms with Crippen LogP contribution in [0.1, 0.15) is 33.1 Å². The van der Waals surface area contributed by atoms with E-state index in [9.17, 15) is 14.4 Å². The van der Waals surface area contributed by atoms with E-state index in [2.05, 4.69) is 10.6 Å². The quantitative estimate of drug-likeness (QED) is 0.641. The minimum absolute atomic E-state index is 0.0698. The number of amides is 3. The third kappa shape index (κ3) is 2.87. The van der Waals surface area contributed by atoms with Crippen molar-refractivity contribution in [3.63, 3.8) is 0 Å². The molecule has 0 spiro atoms. The first-order valence-electron chi connectivity index (χ1n) is 6.37. The Labute approximate surface area is 106 Å². The van der Waals surface area contributed by atoms with Gasteiger partial charge in [-0.05, 0) is 26.7 Å². The van der Waals surface area contributed by atoms with Gasteiger partial charge in [-0.1, -0.05) is 0 Å². The molecule has 1 aliphatic carbocycles. The first kappa shape index (κ1) is 13.0. The summed E-state index contributed by atoms with van der Waals surface area (Å²) in [6.07, 6.45) is 2.00. The van der Waals surface area contributed by atoms with Crippen molar-refractivity contribution in [2.24, 2.45) is 0 Å². The van der Waals surface area contributed by atoms with Gasteiger partial charge in [0.2, 0.25) is 17.7 Å². The van der Waals surface area contributed by atoms with E-state index in [1.807, 2.05) is 13.8 Å². The molecule has 2 N–H and O–H groups in total. The molecule has 0 aromatic carbocycles. The van der Waals surface area contributed by atoms with Crippen LogP contribution in [0.25, 0.3) is 0 Å². The molecule has 3 amide bonds. The molecule has 0 aromatic heterocycles. The SMILES string of the molecule is CC(C)NC(=O)CNC1CC(=O)N(C2CC2)C1=O. The maximum atomic E-state index is 11.9. The van der Waals surface area contributed by atoms with Crippen LogP contribution in [-0.4, -0.2) is 47.3 Å². The number of nitrogens with one attached hydrogen (secondary N) is 2. The van der Waals surface area contributed by atoms with Gasteiger partial charge in [0.15, 0.2) is 0 Å². The molecule has 1 unspecified atom stereocenters. The van der Waals surface area contributed by atoms with Gasteiger partial charge < -0.3 is 5.32 Å². The van der Waals surface area contributed by atoms with Gasteiger partial charge in [-0.2, -0.15) is 0 Å². The number of imide groups is 1. The topological polar surface area (TPSA) is 78.5 Å². The predicted octanol–water partition coefficient (Wildman–Crippen LogP) is -0.609. The Hall–Kier alpha value is -1.43. The lowest BCUT2D eigenvalue weighted by atomic mass is 10.2. The second-order valence-electron chi connectivity index (χ2n) is 5.19. The first-order chi connectivity index (χ1) is 8.49. The molecule has 1 aliphatic heterocycles. The molecule has 1 heterocycles. The Balaban J connectivity index is 1.82. The number of nitrogens with zero attached hydrogens (tertiary/aromatic N) is 1. The molecule has 0 radical (unpaired) electrons. The van der Waals surface area contributed by atoms with Crippen molar-refractivity contribution in [2.75, 3.05) is 6.54 Å². The average Bonchev–Trinajstić information content (AvgIpc) is 3.03. The summed E-state index contributed by atoms with van der Waals surface area (Å²) in [5.41, 5.74) is 0. The number of hydrogen-bond acceptors (Lipinski definition) is 4. The predicted molar refractivity (Wildman–Crippen MR) is 64.6 cm³/mol. The number of carbonyl (C=O) groups excluding carboxylic acids is 3. The van der Waals surface area contributed by atoms with Gasteiger partial charge in [-0.3, -0.25) is 24.6 Å². The molecule has 1 saturated heterocycles. The van der Waals surface area contributed by atoms with Gasteiger partial charge in [0.25, 0.3) is 0 Å². The van der Waals surface area contributed by atoms with Crippen LogP contribution < -0.4 is 10.6 Å². The average molecular weight is 253 g/mol. The Morgan fingerprint density at radius 3 is 2.61 bits per heavy atom.